The molecule has 8 nitrogen and oxygen atoms in total. The first-order valence-electron chi connectivity index (χ1n) is 7.68. The Hall–Kier alpha value is -1.48. The monoisotopic (exact) mass is 363 g/mol. The SMILES string of the molecule is CCC(CC(C)(C)C(=O)NCC(=O)O)C(=O)NC(C)(C)CS(=O)[O-]. The summed E-state index contributed by atoms with van der Waals surface area (Å²) in [6, 6.07) is 0. The molecular weight excluding hydrogens is 336 g/mol. The molecule has 0 heterocycles. The van der Waals surface area contributed by atoms with Crippen LogP contribution in [0.2, 0.25) is 0 Å². The van der Waals surface area contributed by atoms with Crippen LogP contribution in [0.5, 0.6) is 0 Å². The molecule has 0 fully saturated rings. The van der Waals surface area contributed by atoms with E-state index < -0.39 is 46.4 Å². The Balaban J connectivity index is 4.89. The van der Waals surface area contributed by atoms with Crippen LogP contribution in [0.1, 0.15) is 47.5 Å². The third kappa shape index (κ3) is 8.39. The molecule has 0 spiro atoms. The molecular formula is C15H27N2O6S-. The number of carbonyl (C=O) groups is 3. The number of carbonyl (C=O) groups excluding carboxylic acids is 2. The Kier molecular flexibility index (Phi) is 8.56. The fraction of sp³-hybridized carbons (Fsp3) is 0.800. The van der Waals surface area contributed by atoms with Gasteiger partial charge in [-0.15, -0.1) is 0 Å². The number of hydrogen-bond acceptors (Lipinski definition) is 5. The Morgan fingerprint density at radius 2 is 1.75 bits per heavy atom. The van der Waals surface area contributed by atoms with Crippen molar-refractivity contribution in [3.05, 3.63) is 0 Å². The van der Waals surface area contributed by atoms with Crippen LogP contribution in [0.4, 0.5) is 0 Å². The number of hydrogen-bond donors (Lipinski definition) is 3. The number of amides is 2. The third-order valence-electron chi connectivity index (χ3n) is 3.58. The van der Waals surface area contributed by atoms with Gasteiger partial charge in [0.2, 0.25) is 11.8 Å². The minimum absolute atomic E-state index is 0.211. The van der Waals surface area contributed by atoms with Crippen molar-refractivity contribution in [1.29, 1.82) is 0 Å². The molecule has 2 atom stereocenters. The van der Waals surface area contributed by atoms with E-state index in [1.54, 1.807) is 34.6 Å². The van der Waals surface area contributed by atoms with Gasteiger partial charge in [-0.25, -0.2) is 0 Å². The van der Waals surface area contributed by atoms with Crippen LogP contribution in [0.3, 0.4) is 0 Å². The Bertz CT molecular complexity index is 504. The topological polar surface area (TPSA) is 136 Å². The first-order chi connectivity index (χ1) is 10.8. The van der Waals surface area contributed by atoms with Gasteiger partial charge >= 0.3 is 5.97 Å². The van der Waals surface area contributed by atoms with Crippen LogP contribution in [-0.4, -0.2) is 49.5 Å². The zero-order valence-electron chi connectivity index (χ0n) is 14.8. The fourth-order valence-corrected chi connectivity index (χ4v) is 2.95. The lowest BCUT2D eigenvalue weighted by Crippen LogP contribution is -2.50. The van der Waals surface area contributed by atoms with Crippen molar-refractivity contribution in [2.75, 3.05) is 12.3 Å². The van der Waals surface area contributed by atoms with Gasteiger partial charge in [0.1, 0.15) is 6.54 Å². The van der Waals surface area contributed by atoms with Gasteiger partial charge in [0.05, 0.1) is 0 Å². The highest BCUT2D eigenvalue weighted by Crippen LogP contribution is 2.28. The molecule has 24 heavy (non-hydrogen) atoms. The first-order valence-corrected chi connectivity index (χ1v) is 8.93. The maximum atomic E-state index is 12.4. The van der Waals surface area contributed by atoms with E-state index in [2.05, 4.69) is 10.6 Å². The van der Waals surface area contributed by atoms with Crippen molar-refractivity contribution in [3.8, 4) is 0 Å². The van der Waals surface area contributed by atoms with E-state index in [0.717, 1.165) is 0 Å². The first kappa shape index (κ1) is 22.5. The predicted octanol–water partition coefficient (Wildman–Crippen LogP) is 0.404. The normalized spacial score (nSPS) is 14.6. The van der Waals surface area contributed by atoms with Gasteiger partial charge in [-0.1, -0.05) is 31.9 Å². The Morgan fingerprint density at radius 3 is 2.17 bits per heavy atom. The molecule has 9 heteroatoms. The van der Waals surface area contributed by atoms with Crippen molar-refractivity contribution < 1.29 is 28.3 Å². The molecule has 0 aliphatic carbocycles. The second-order valence-corrected chi connectivity index (χ2v) is 7.99. The van der Waals surface area contributed by atoms with E-state index in [1.165, 1.54) is 0 Å². The summed E-state index contributed by atoms with van der Waals surface area (Å²) in [5.41, 5.74) is -1.84. The Labute approximate surface area is 145 Å². The van der Waals surface area contributed by atoms with E-state index >= 15 is 0 Å². The van der Waals surface area contributed by atoms with E-state index in [9.17, 15) is 23.1 Å². The molecule has 0 aromatic rings. The molecule has 0 aliphatic heterocycles. The van der Waals surface area contributed by atoms with Crippen molar-refractivity contribution >= 4 is 28.9 Å². The van der Waals surface area contributed by atoms with Gasteiger partial charge in [-0.3, -0.25) is 18.6 Å². The van der Waals surface area contributed by atoms with Crippen LogP contribution in [0.25, 0.3) is 0 Å². The number of carboxylic acids is 1. The smallest absolute Gasteiger partial charge is 0.322 e. The highest BCUT2D eigenvalue weighted by Gasteiger charge is 2.34. The fourth-order valence-electron chi connectivity index (χ4n) is 2.29. The summed E-state index contributed by atoms with van der Waals surface area (Å²) in [7, 11) is 0. The van der Waals surface area contributed by atoms with Crippen LogP contribution in [-0.2, 0) is 25.5 Å². The number of rotatable bonds is 10. The van der Waals surface area contributed by atoms with Crippen LogP contribution in [0.15, 0.2) is 0 Å². The molecule has 0 radical (unpaired) electrons. The van der Waals surface area contributed by atoms with Crippen molar-refractivity contribution in [3.63, 3.8) is 0 Å². The van der Waals surface area contributed by atoms with Gasteiger partial charge in [0.15, 0.2) is 0 Å². The highest BCUT2D eigenvalue weighted by atomic mass is 32.2. The van der Waals surface area contributed by atoms with Gasteiger partial charge in [-0.2, -0.15) is 0 Å². The molecule has 3 N–H and O–H groups in total. The molecule has 0 saturated carbocycles. The van der Waals surface area contributed by atoms with Gasteiger partial charge in [0, 0.05) is 22.6 Å². The standard InChI is InChI=1S/C15H28N2O6S/c1-6-10(12(20)17-15(4,5)9-24(22)23)7-14(2,3)13(21)16-8-11(18)19/h10H,6-9H2,1-5H3,(H,16,21)(H,17,20)(H,18,19)(H,22,23)/p-1. The lowest BCUT2D eigenvalue weighted by atomic mass is 9.80. The zero-order valence-corrected chi connectivity index (χ0v) is 15.6. The quantitative estimate of drug-likeness (QED) is 0.481. The molecule has 0 aliphatic rings. The zero-order chi connectivity index (χ0) is 19.1. The summed E-state index contributed by atoms with van der Waals surface area (Å²) in [4.78, 5) is 35.0. The molecule has 0 aromatic carbocycles. The molecule has 0 aromatic heterocycles. The molecule has 140 valence electrons. The maximum absolute atomic E-state index is 12.4. The Morgan fingerprint density at radius 1 is 1.21 bits per heavy atom. The summed E-state index contributed by atoms with van der Waals surface area (Å²) >= 11 is -2.28. The van der Waals surface area contributed by atoms with E-state index in [-0.39, 0.29) is 18.1 Å². The number of aliphatic carboxylic acids is 1. The second-order valence-electron chi connectivity index (χ2n) is 7.09. The average molecular weight is 363 g/mol. The molecule has 0 bridgehead atoms. The molecule has 0 saturated heterocycles. The average Bonchev–Trinajstić information content (AvgIpc) is 2.39. The van der Waals surface area contributed by atoms with Crippen LogP contribution >= 0.6 is 0 Å². The largest absolute Gasteiger partial charge is 0.772 e. The van der Waals surface area contributed by atoms with Crippen LogP contribution in [0, 0.1) is 11.3 Å². The van der Waals surface area contributed by atoms with Crippen molar-refractivity contribution in [1.82, 2.24) is 10.6 Å². The van der Waals surface area contributed by atoms with Crippen molar-refractivity contribution in [2.45, 2.75) is 53.0 Å². The minimum Gasteiger partial charge on any atom is -0.772 e. The summed E-state index contributed by atoms with van der Waals surface area (Å²) in [5, 5.41) is 13.6. The summed E-state index contributed by atoms with van der Waals surface area (Å²) < 4.78 is 21.7. The summed E-state index contributed by atoms with van der Waals surface area (Å²) in [6.45, 7) is 7.81. The van der Waals surface area contributed by atoms with E-state index in [0.29, 0.717) is 6.42 Å². The van der Waals surface area contributed by atoms with Gasteiger partial charge in [-0.05, 0) is 26.7 Å². The maximum Gasteiger partial charge on any atom is 0.322 e. The molecule has 2 amide bonds. The summed E-state index contributed by atoms with van der Waals surface area (Å²) in [5.74, 6) is -2.62. The van der Waals surface area contributed by atoms with Gasteiger partial charge in [0.25, 0.3) is 0 Å². The van der Waals surface area contributed by atoms with E-state index in [1.807, 2.05) is 0 Å². The van der Waals surface area contributed by atoms with Crippen LogP contribution < -0.4 is 10.6 Å². The predicted molar refractivity (Wildman–Crippen MR) is 88.8 cm³/mol. The summed E-state index contributed by atoms with van der Waals surface area (Å²) in [6.07, 6.45) is 0.690. The number of carboxylic acid groups (broad SMARTS) is 1. The molecule has 0 rings (SSSR count). The lowest BCUT2D eigenvalue weighted by molar-refractivity contribution is -0.140. The number of nitrogens with one attached hydrogen (secondary N) is 2. The lowest BCUT2D eigenvalue weighted by Gasteiger charge is -2.32. The minimum atomic E-state index is -2.28. The molecule has 2 unspecified atom stereocenters. The highest BCUT2D eigenvalue weighted by molar-refractivity contribution is 7.79. The third-order valence-corrected chi connectivity index (χ3v) is 4.53. The van der Waals surface area contributed by atoms with Crippen molar-refractivity contribution in [2.24, 2.45) is 11.3 Å². The van der Waals surface area contributed by atoms with E-state index in [4.69, 9.17) is 5.11 Å². The second kappa shape index (κ2) is 9.12. The van der Waals surface area contributed by atoms with Gasteiger partial charge < -0.3 is 20.3 Å².